The predicted octanol–water partition coefficient (Wildman–Crippen LogP) is 3.13. The minimum atomic E-state index is -0.185. The highest BCUT2D eigenvalue weighted by molar-refractivity contribution is 6.25. The van der Waals surface area contributed by atoms with Crippen LogP contribution in [0.2, 0.25) is 0 Å². The summed E-state index contributed by atoms with van der Waals surface area (Å²) in [5.74, 6) is -0.0557. The Morgan fingerprint density at radius 3 is 2.64 bits per heavy atom. The molecule has 0 rings (SSSR count). The lowest BCUT2D eigenvalue weighted by atomic mass is 9.93. The number of hydrogen-bond donors (Lipinski definition) is 0. The molecule has 1 atom stereocenters. The molecule has 0 aliphatic rings. The number of hydrogen-bond acceptors (Lipinski definition) is 2. The van der Waals surface area contributed by atoms with Gasteiger partial charge in [0.15, 0.2) is 0 Å². The van der Waals surface area contributed by atoms with Gasteiger partial charge in [-0.25, -0.2) is 0 Å². The summed E-state index contributed by atoms with van der Waals surface area (Å²) in [5.41, 5.74) is 1.43. The monoisotopic (exact) mass is 216 g/mol. The summed E-state index contributed by atoms with van der Waals surface area (Å²) < 4.78 is 4.98. The molecular formula is C11H17ClO2. The summed E-state index contributed by atoms with van der Waals surface area (Å²) in [6, 6.07) is 0. The van der Waals surface area contributed by atoms with Crippen LogP contribution < -0.4 is 0 Å². The van der Waals surface area contributed by atoms with Crippen LogP contribution in [-0.4, -0.2) is 12.6 Å². The highest BCUT2D eigenvalue weighted by Crippen LogP contribution is 2.17. The summed E-state index contributed by atoms with van der Waals surface area (Å²) in [6.07, 6.45) is 3.95. The fourth-order valence-electron chi connectivity index (χ4n) is 1.09. The lowest BCUT2D eigenvalue weighted by Gasteiger charge is -2.16. The molecule has 0 aromatic heterocycles. The highest BCUT2D eigenvalue weighted by atomic mass is 35.5. The molecule has 3 heteroatoms. The predicted molar refractivity (Wildman–Crippen MR) is 59.1 cm³/mol. The first-order chi connectivity index (χ1) is 6.63. The molecule has 0 saturated carbocycles. The van der Waals surface area contributed by atoms with Crippen molar-refractivity contribution in [3.05, 3.63) is 24.3 Å². The number of carbonyl (C=O) groups excluding carboxylic acids is 1. The SMILES string of the molecule is C=CCOC(=O)[C@@H](CC=CCl)C(C)C. The molecule has 0 fully saturated rings. The molecule has 0 aliphatic carbocycles. The van der Waals surface area contributed by atoms with Gasteiger partial charge in [0.2, 0.25) is 0 Å². The van der Waals surface area contributed by atoms with Gasteiger partial charge >= 0.3 is 5.97 Å². The number of carbonyl (C=O) groups is 1. The van der Waals surface area contributed by atoms with E-state index in [2.05, 4.69) is 6.58 Å². The number of ether oxygens (including phenoxy) is 1. The van der Waals surface area contributed by atoms with Gasteiger partial charge in [-0.15, -0.1) is 0 Å². The molecule has 0 amide bonds. The molecule has 0 radical (unpaired) electrons. The van der Waals surface area contributed by atoms with E-state index in [-0.39, 0.29) is 24.4 Å². The molecule has 2 nitrogen and oxygen atoms in total. The molecule has 0 aromatic carbocycles. The normalized spacial score (nSPS) is 13.1. The van der Waals surface area contributed by atoms with Crippen molar-refractivity contribution in [2.75, 3.05) is 6.61 Å². The molecule has 0 N–H and O–H groups in total. The summed E-state index contributed by atoms with van der Waals surface area (Å²) in [6.45, 7) is 7.73. The van der Waals surface area contributed by atoms with E-state index in [1.54, 1.807) is 12.2 Å². The summed E-state index contributed by atoms with van der Waals surface area (Å²) in [5, 5.41) is 0. The van der Waals surface area contributed by atoms with E-state index in [1.807, 2.05) is 13.8 Å². The van der Waals surface area contributed by atoms with Crippen molar-refractivity contribution in [2.45, 2.75) is 20.3 Å². The van der Waals surface area contributed by atoms with Gasteiger partial charge < -0.3 is 4.74 Å². The van der Waals surface area contributed by atoms with Crippen LogP contribution in [0.5, 0.6) is 0 Å². The molecule has 0 unspecified atom stereocenters. The minimum Gasteiger partial charge on any atom is -0.461 e. The van der Waals surface area contributed by atoms with Crippen LogP contribution >= 0.6 is 11.6 Å². The zero-order valence-corrected chi connectivity index (χ0v) is 9.46. The van der Waals surface area contributed by atoms with Gasteiger partial charge in [-0.1, -0.05) is 44.2 Å². The number of esters is 1. The second kappa shape index (κ2) is 7.63. The first-order valence-electron chi connectivity index (χ1n) is 4.66. The summed E-state index contributed by atoms with van der Waals surface area (Å²) in [7, 11) is 0. The average molecular weight is 217 g/mol. The lowest BCUT2D eigenvalue weighted by molar-refractivity contribution is -0.148. The van der Waals surface area contributed by atoms with Crippen LogP contribution in [0.15, 0.2) is 24.3 Å². The van der Waals surface area contributed by atoms with Crippen LogP contribution in [0.4, 0.5) is 0 Å². The lowest BCUT2D eigenvalue weighted by Crippen LogP contribution is -2.22. The molecular weight excluding hydrogens is 200 g/mol. The van der Waals surface area contributed by atoms with Crippen molar-refractivity contribution in [1.82, 2.24) is 0 Å². The van der Waals surface area contributed by atoms with Crippen LogP contribution in [-0.2, 0) is 9.53 Å². The Labute approximate surface area is 90.6 Å². The van der Waals surface area contributed by atoms with Gasteiger partial charge in [0.1, 0.15) is 6.61 Å². The van der Waals surface area contributed by atoms with E-state index in [9.17, 15) is 4.79 Å². The Hall–Kier alpha value is -0.760. The molecule has 0 bridgehead atoms. The Kier molecular flexibility index (Phi) is 7.21. The smallest absolute Gasteiger partial charge is 0.309 e. The van der Waals surface area contributed by atoms with Gasteiger partial charge in [0.05, 0.1) is 5.92 Å². The Morgan fingerprint density at radius 1 is 1.57 bits per heavy atom. The van der Waals surface area contributed by atoms with Crippen LogP contribution in [0.1, 0.15) is 20.3 Å². The minimum absolute atomic E-state index is 0.120. The zero-order valence-electron chi connectivity index (χ0n) is 8.70. The maximum atomic E-state index is 11.5. The summed E-state index contributed by atoms with van der Waals surface area (Å²) in [4.78, 5) is 11.5. The quantitative estimate of drug-likeness (QED) is 0.504. The Balaban J connectivity index is 4.17. The zero-order chi connectivity index (χ0) is 11.0. The van der Waals surface area contributed by atoms with Crippen molar-refractivity contribution in [1.29, 1.82) is 0 Å². The van der Waals surface area contributed by atoms with Crippen molar-refractivity contribution in [3.8, 4) is 0 Å². The maximum absolute atomic E-state index is 11.5. The Bertz CT molecular complexity index is 209. The first-order valence-corrected chi connectivity index (χ1v) is 5.09. The van der Waals surface area contributed by atoms with E-state index < -0.39 is 0 Å². The van der Waals surface area contributed by atoms with Gasteiger partial charge in [-0.05, 0) is 12.3 Å². The van der Waals surface area contributed by atoms with E-state index in [4.69, 9.17) is 16.3 Å². The van der Waals surface area contributed by atoms with E-state index in [0.717, 1.165) is 0 Å². The second-order valence-corrected chi connectivity index (χ2v) is 3.62. The van der Waals surface area contributed by atoms with E-state index in [0.29, 0.717) is 6.42 Å². The third-order valence-corrected chi connectivity index (χ3v) is 2.11. The number of allylic oxidation sites excluding steroid dienone is 1. The van der Waals surface area contributed by atoms with Crippen LogP contribution in [0.25, 0.3) is 0 Å². The third kappa shape index (κ3) is 5.07. The van der Waals surface area contributed by atoms with Gasteiger partial charge in [-0.3, -0.25) is 4.79 Å². The van der Waals surface area contributed by atoms with Gasteiger partial charge in [-0.2, -0.15) is 0 Å². The molecule has 80 valence electrons. The van der Waals surface area contributed by atoms with E-state index in [1.165, 1.54) is 5.54 Å². The van der Waals surface area contributed by atoms with Gasteiger partial charge in [0, 0.05) is 5.54 Å². The van der Waals surface area contributed by atoms with Crippen molar-refractivity contribution < 1.29 is 9.53 Å². The highest BCUT2D eigenvalue weighted by Gasteiger charge is 2.21. The topological polar surface area (TPSA) is 26.3 Å². The molecule has 0 aliphatic heterocycles. The average Bonchev–Trinajstić information content (AvgIpc) is 2.14. The molecule has 0 saturated heterocycles. The first kappa shape index (κ1) is 13.2. The molecule has 14 heavy (non-hydrogen) atoms. The van der Waals surface area contributed by atoms with Crippen LogP contribution in [0.3, 0.4) is 0 Å². The maximum Gasteiger partial charge on any atom is 0.309 e. The van der Waals surface area contributed by atoms with Crippen molar-refractivity contribution in [3.63, 3.8) is 0 Å². The third-order valence-electron chi connectivity index (χ3n) is 1.93. The second-order valence-electron chi connectivity index (χ2n) is 3.37. The summed E-state index contributed by atoms with van der Waals surface area (Å²) >= 11 is 5.41. The largest absolute Gasteiger partial charge is 0.461 e. The fraction of sp³-hybridized carbons (Fsp3) is 0.545. The fourth-order valence-corrected chi connectivity index (χ4v) is 1.19. The number of rotatable bonds is 6. The molecule has 0 spiro atoms. The molecule has 0 aromatic rings. The van der Waals surface area contributed by atoms with Crippen molar-refractivity contribution in [2.24, 2.45) is 11.8 Å². The van der Waals surface area contributed by atoms with Crippen molar-refractivity contribution >= 4 is 17.6 Å². The van der Waals surface area contributed by atoms with Crippen LogP contribution in [0, 0.1) is 11.8 Å². The van der Waals surface area contributed by atoms with E-state index >= 15 is 0 Å². The van der Waals surface area contributed by atoms with Gasteiger partial charge in [0.25, 0.3) is 0 Å². The number of halogens is 1. The standard InChI is InChI=1S/C11H17ClO2/c1-4-8-14-11(13)10(9(2)3)6-5-7-12/h4-5,7,9-10H,1,6,8H2,2-3H3/t10-/m0/s1. The molecule has 0 heterocycles. The Morgan fingerprint density at radius 2 is 2.21 bits per heavy atom.